The number of amides is 1. The number of fused-ring (bicyclic) bond motifs is 1. The summed E-state index contributed by atoms with van der Waals surface area (Å²) >= 11 is 0. The molecule has 1 saturated carbocycles. The minimum Gasteiger partial charge on any atom is -0.368 e. The van der Waals surface area contributed by atoms with E-state index in [0.717, 1.165) is 17.8 Å². The molecule has 2 aliphatic rings. The molecule has 1 N–H and O–H groups in total. The number of piperidine rings is 1. The number of halogens is 3. The van der Waals surface area contributed by atoms with Crippen LogP contribution in [0.5, 0.6) is 0 Å². The lowest BCUT2D eigenvalue weighted by molar-refractivity contribution is -0.137. The van der Waals surface area contributed by atoms with Crippen molar-refractivity contribution in [3.8, 4) is 11.5 Å². The first-order valence-electron chi connectivity index (χ1n) is 11.2. The van der Waals surface area contributed by atoms with Crippen molar-refractivity contribution in [2.45, 2.75) is 32.5 Å². The second-order valence-corrected chi connectivity index (χ2v) is 8.94. The number of nitrogens with one attached hydrogen (secondary N) is 1. The van der Waals surface area contributed by atoms with Crippen molar-refractivity contribution < 1.29 is 22.5 Å². The molecule has 3 aromatic rings. The van der Waals surface area contributed by atoms with Crippen LogP contribution in [0.15, 0.2) is 47.1 Å². The van der Waals surface area contributed by atoms with E-state index in [1.807, 2.05) is 0 Å². The molecule has 1 unspecified atom stereocenters. The van der Waals surface area contributed by atoms with E-state index in [1.165, 1.54) is 6.07 Å². The minimum absolute atomic E-state index is 0.215. The number of hydrogen-bond donors (Lipinski definition) is 1. The monoisotopic (exact) mass is 484 g/mol. The molecule has 0 aromatic carbocycles. The Morgan fingerprint density at radius 3 is 2.66 bits per heavy atom. The highest BCUT2D eigenvalue weighted by Crippen LogP contribution is 2.51. The molecule has 1 aliphatic heterocycles. The van der Waals surface area contributed by atoms with Gasteiger partial charge in [0.25, 0.3) is 11.8 Å². The number of rotatable bonds is 5. The lowest BCUT2D eigenvalue weighted by atomic mass is 10.0. The lowest BCUT2D eigenvalue weighted by Crippen LogP contribution is -2.48. The zero-order valence-corrected chi connectivity index (χ0v) is 19.1. The molecule has 8 nitrogen and oxygen atoms in total. The molecule has 1 aliphatic carbocycles. The number of carbonyl (C=O) groups excluding carboxylic acids is 1. The molecule has 35 heavy (non-hydrogen) atoms. The second-order valence-electron chi connectivity index (χ2n) is 8.94. The minimum atomic E-state index is -4.45. The Balaban J connectivity index is 1.39. The topological polar surface area (TPSA) is 97.0 Å². The third kappa shape index (κ3) is 4.50. The van der Waals surface area contributed by atoms with Crippen molar-refractivity contribution in [3.05, 3.63) is 65.4 Å². The maximum absolute atomic E-state index is 13.8. The van der Waals surface area contributed by atoms with Gasteiger partial charge in [0.05, 0.1) is 11.1 Å². The maximum atomic E-state index is 13.8. The number of aromatic nitrogens is 4. The van der Waals surface area contributed by atoms with Gasteiger partial charge in [-0.2, -0.15) is 18.2 Å². The fourth-order valence-corrected chi connectivity index (χ4v) is 4.55. The molecule has 0 radical (unpaired) electrons. The first kappa shape index (κ1) is 23.0. The SMILES string of the molecule is C=C1[C@H]2CN(C(=O)c3nc(C)ccc3-c3nc(C)no3)C(CNc3ccc(C(F)(F)F)cn3)C[C@@H]12. The molecule has 3 atom stereocenters. The Labute approximate surface area is 199 Å². The average molecular weight is 484 g/mol. The molecule has 182 valence electrons. The van der Waals surface area contributed by atoms with Crippen molar-refractivity contribution in [1.29, 1.82) is 0 Å². The number of pyridine rings is 2. The molecule has 1 saturated heterocycles. The smallest absolute Gasteiger partial charge is 0.368 e. The summed E-state index contributed by atoms with van der Waals surface area (Å²) in [6.45, 7) is 8.42. The van der Waals surface area contributed by atoms with Crippen molar-refractivity contribution in [3.63, 3.8) is 0 Å². The van der Waals surface area contributed by atoms with E-state index in [4.69, 9.17) is 4.52 Å². The third-order valence-electron chi connectivity index (χ3n) is 6.55. The van der Waals surface area contributed by atoms with E-state index in [1.54, 1.807) is 30.9 Å². The van der Waals surface area contributed by atoms with E-state index in [0.29, 0.717) is 48.3 Å². The Morgan fingerprint density at radius 2 is 2.00 bits per heavy atom. The van der Waals surface area contributed by atoms with Crippen LogP contribution < -0.4 is 5.32 Å². The van der Waals surface area contributed by atoms with Crippen LogP contribution in [0.1, 0.15) is 34.0 Å². The Bertz CT molecular complexity index is 1290. The molecule has 4 heterocycles. The number of carbonyl (C=O) groups is 1. The Hall–Kier alpha value is -3.76. The van der Waals surface area contributed by atoms with E-state index >= 15 is 0 Å². The molecule has 5 rings (SSSR count). The standard InChI is InChI=1S/C24H23F3N6O2/c1-12-4-6-17(22-31-14(3)32-35-22)21(30-12)23(34)33-11-19-13(2)18(19)8-16(33)10-29-20-7-5-15(9-28-20)24(25,26)27/h4-7,9,16,18-19H,2,8,10-11H2,1,3H3,(H,28,29)/t16?,18-,19+/m0/s1. The van der Waals surface area contributed by atoms with Gasteiger partial charge in [0.2, 0.25) is 0 Å². The quantitative estimate of drug-likeness (QED) is 0.540. The summed E-state index contributed by atoms with van der Waals surface area (Å²) in [4.78, 5) is 28.2. The van der Waals surface area contributed by atoms with Crippen molar-refractivity contribution in [2.24, 2.45) is 11.8 Å². The summed E-state index contributed by atoms with van der Waals surface area (Å²) in [6, 6.07) is 5.55. The van der Waals surface area contributed by atoms with Gasteiger partial charge < -0.3 is 14.7 Å². The first-order valence-corrected chi connectivity index (χ1v) is 11.2. The highest BCUT2D eigenvalue weighted by Gasteiger charge is 2.51. The van der Waals surface area contributed by atoms with Crippen LogP contribution in [-0.4, -0.2) is 50.0 Å². The normalized spacial score (nSPS) is 21.6. The van der Waals surface area contributed by atoms with Crippen LogP contribution >= 0.6 is 0 Å². The summed E-state index contributed by atoms with van der Waals surface area (Å²) in [7, 11) is 0. The largest absolute Gasteiger partial charge is 0.417 e. The molecule has 0 bridgehead atoms. The summed E-state index contributed by atoms with van der Waals surface area (Å²) in [6.07, 6.45) is -2.96. The van der Waals surface area contributed by atoms with Crippen LogP contribution in [0, 0.1) is 25.7 Å². The molecule has 11 heteroatoms. The molecular weight excluding hydrogens is 461 g/mol. The number of alkyl halides is 3. The number of hydrogen-bond acceptors (Lipinski definition) is 7. The summed E-state index contributed by atoms with van der Waals surface area (Å²) in [5.41, 5.74) is 1.64. The summed E-state index contributed by atoms with van der Waals surface area (Å²) < 4.78 is 43.8. The highest BCUT2D eigenvalue weighted by atomic mass is 19.4. The Morgan fingerprint density at radius 1 is 1.20 bits per heavy atom. The van der Waals surface area contributed by atoms with Gasteiger partial charge in [-0.15, -0.1) is 0 Å². The van der Waals surface area contributed by atoms with Crippen LogP contribution in [0.4, 0.5) is 19.0 Å². The van der Waals surface area contributed by atoms with E-state index in [9.17, 15) is 18.0 Å². The van der Waals surface area contributed by atoms with Gasteiger partial charge in [-0.25, -0.2) is 9.97 Å². The van der Waals surface area contributed by atoms with Crippen LogP contribution in [0.3, 0.4) is 0 Å². The first-order chi connectivity index (χ1) is 16.6. The number of anilines is 1. The molecule has 1 amide bonds. The molecule has 3 aromatic heterocycles. The molecular formula is C24H23F3N6O2. The second kappa shape index (κ2) is 8.47. The number of likely N-dealkylation sites (tertiary alicyclic amines) is 1. The van der Waals surface area contributed by atoms with E-state index in [-0.39, 0.29) is 29.5 Å². The van der Waals surface area contributed by atoms with Crippen LogP contribution in [0.25, 0.3) is 11.5 Å². The zero-order valence-electron chi connectivity index (χ0n) is 19.1. The Kier molecular flexibility index (Phi) is 5.57. The number of nitrogens with zero attached hydrogens (tertiary/aromatic N) is 5. The third-order valence-corrected chi connectivity index (χ3v) is 6.55. The maximum Gasteiger partial charge on any atom is 0.417 e. The number of aryl methyl sites for hydroxylation is 2. The zero-order chi connectivity index (χ0) is 24.9. The van der Waals surface area contributed by atoms with E-state index in [2.05, 4.69) is 32.0 Å². The van der Waals surface area contributed by atoms with Crippen molar-refractivity contribution >= 4 is 11.7 Å². The van der Waals surface area contributed by atoms with Crippen LogP contribution in [-0.2, 0) is 6.18 Å². The molecule has 2 fully saturated rings. The van der Waals surface area contributed by atoms with Gasteiger partial charge in [-0.1, -0.05) is 17.3 Å². The predicted octanol–water partition coefficient (Wildman–Crippen LogP) is 4.29. The van der Waals surface area contributed by atoms with Gasteiger partial charge in [0.15, 0.2) is 5.82 Å². The van der Waals surface area contributed by atoms with Gasteiger partial charge in [0.1, 0.15) is 11.5 Å². The van der Waals surface area contributed by atoms with Crippen molar-refractivity contribution in [2.75, 3.05) is 18.4 Å². The van der Waals surface area contributed by atoms with Gasteiger partial charge in [0, 0.05) is 36.9 Å². The fraction of sp³-hybridized carbons (Fsp3) is 0.375. The highest BCUT2D eigenvalue weighted by molar-refractivity contribution is 5.98. The van der Waals surface area contributed by atoms with E-state index < -0.39 is 11.7 Å². The average Bonchev–Trinajstić information content (AvgIpc) is 3.23. The summed E-state index contributed by atoms with van der Waals surface area (Å²) in [5, 5.41) is 6.90. The molecule has 0 spiro atoms. The van der Waals surface area contributed by atoms with Gasteiger partial charge in [-0.05, 0) is 50.5 Å². The summed E-state index contributed by atoms with van der Waals surface area (Å²) in [5.74, 6) is 1.25. The predicted molar refractivity (Wildman–Crippen MR) is 120 cm³/mol. The lowest BCUT2D eigenvalue weighted by Gasteiger charge is -2.35. The van der Waals surface area contributed by atoms with Crippen molar-refractivity contribution in [1.82, 2.24) is 25.0 Å². The van der Waals surface area contributed by atoms with Crippen LogP contribution in [0.2, 0.25) is 0 Å². The fourth-order valence-electron chi connectivity index (χ4n) is 4.55. The van der Waals surface area contributed by atoms with Gasteiger partial charge in [-0.3, -0.25) is 4.79 Å². The van der Waals surface area contributed by atoms with Gasteiger partial charge >= 0.3 is 6.18 Å².